The van der Waals surface area contributed by atoms with Gasteiger partial charge in [0.1, 0.15) is 10.7 Å². The minimum Gasteiger partial charge on any atom is -0.396 e. The molecule has 112 valence electrons. The van der Waals surface area contributed by atoms with Crippen molar-refractivity contribution in [2.24, 2.45) is 5.92 Å². The van der Waals surface area contributed by atoms with Crippen LogP contribution in [0, 0.1) is 11.7 Å². The summed E-state index contributed by atoms with van der Waals surface area (Å²) in [6, 6.07) is 1.92. The third kappa shape index (κ3) is 3.22. The van der Waals surface area contributed by atoms with E-state index < -0.39 is 15.8 Å². The van der Waals surface area contributed by atoms with E-state index in [4.69, 9.17) is 22.1 Å². The van der Waals surface area contributed by atoms with Crippen molar-refractivity contribution >= 4 is 27.3 Å². The van der Waals surface area contributed by atoms with Crippen molar-refractivity contribution in [2.75, 3.05) is 18.9 Å². The number of rotatable bonds is 4. The van der Waals surface area contributed by atoms with Gasteiger partial charge in [-0.25, -0.2) is 17.5 Å². The molecule has 0 amide bonds. The van der Waals surface area contributed by atoms with E-state index in [1.54, 1.807) is 0 Å². The zero-order chi connectivity index (χ0) is 14.9. The van der Waals surface area contributed by atoms with Crippen molar-refractivity contribution in [1.82, 2.24) is 4.72 Å². The average molecular weight is 323 g/mol. The first-order chi connectivity index (χ1) is 9.31. The second-order valence-electron chi connectivity index (χ2n) is 4.78. The summed E-state index contributed by atoms with van der Waals surface area (Å²) in [4.78, 5) is -0.218. The van der Waals surface area contributed by atoms with Gasteiger partial charge >= 0.3 is 0 Å². The molecule has 1 fully saturated rings. The Balaban J connectivity index is 2.16. The Labute approximate surface area is 122 Å². The highest BCUT2D eigenvalue weighted by molar-refractivity contribution is 7.89. The third-order valence-electron chi connectivity index (χ3n) is 3.41. The summed E-state index contributed by atoms with van der Waals surface area (Å²) in [5, 5.41) is -0.195. The number of nitrogens with two attached hydrogens (primary N) is 1. The first-order valence-electron chi connectivity index (χ1n) is 6.17. The second kappa shape index (κ2) is 5.85. The molecule has 0 spiro atoms. The van der Waals surface area contributed by atoms with Crippen molar-refractivity contribution in [3.8, 4) is 0 Å². The summed E-state index contributed by atoms with van der Waals surface area (Å²) >= 11 is 5.77. The molecule has 0 bridgehead atoms. The molecule has 0 radical (unpaired) electrons. The largest absolute Gasteiger partial charge is 0.396 e. The van der Waals surface area contributed by atoms with E-state index in [1.165, 1.54) is 0 Å². The normalized spacial score (nSPS) is 23.1. The molecule has 1 saturated heterocycles. The zero-order valence-electron chi connectivity index (χ0n) is 10.9. The van der Waals surface area contributed by atoms with Crippen LogP contribution in [0.5, 0.6) is 0 Å². The van der Waals surface area contributed by atoms with Crippen LogP contribution in [0.15, 0.2) is 17.0 Å². The number of sulfonamides is 1. The lowest BCUT2D eigenvalue weighted by atomic mass is 10.0. The number of hydrogen-bond acceptors (Lipinski definition) is 4. The van der Waals surface area contributed by atoms with Crippen LogP contribution < -0.4 is 10.5 Å². The lowest BCUT2D eigenvalue weighted by Gasteiger charge is -2.15. The molecule has 1 aromatic rings. The predicted molar refractivity (Wildman–Crippen MR) is 74.5 cm³/mol. The highest BCUT2D eigenvalue weighted by atomic mass is 35.5. The molecule has 20 heavy (non-hydrogen) atoms. The van der Waals surface area contributed by atoms with Crippen LogP contribution in [-0.4, -0.2) is 27.7 Å². The summed E-state index contributed by atoms with van der Waals surface area (Å²) in [5.41, 5.74) is 5.12. The molecule has 1 heterocycles. The number of halogens is 2. The Kier molecular flexibility index (Phi) is 4.53. The number of anilines is 1. The zero-order valence-corrected chi connectivity index (χ0v) is 12.5. The van der Waals surface area contributed by atoms with Gasteiger partial charge < -0.3 is 10.5 Å². The van der Waals surface area contributed by atoms with Crippen molar-refractivity contribution in [1.29, 1.82) is 0 Å². The van der Waals surface area contributed by atoms with Gasteiger partial charge in [-0.3, -0.25) is 0 Å². The van der Waals surface area contributed by atoms with Crippen molar-refractivity contribution < 1.29 is 17.5 Å². The molecule has 0 saturated carbocycles. The van der Waals surface area contributed by atoms with Gasteiger partial charge in [-0.1, -0.05) is 11.6 Å². The first kappa shape index (κ1) is 15.5. The van der Waals surface area contributed by atoms with E-state index in [1.807, 2.05) is 6.92 Å². The smallest absolute Gasteiger partial charge is 0.242 e. The molecule has 2 atom stereocenters. The van der Waals surface area contributed by atoms with Crippen LogP contribution in [0.4, 0.5) is 10.1 Å². The SMILES string of the molecule is CC1OCCC1CNS(=O)(=O)c1cc(N)c(F)cc1Cl. The Hall–Kier alpha value is -0.890. The Bertz CT molecular complexity index is 609. The highest BCUT2D eigenvalue weighted by Gasteiger charge is 2.27. The lowest BCUT2D eigenvalue weighted by molar-refractivity contribution is 0.107. The van der Waals surface area contributed by atoms with E-state index in [2.05, 4.69) is 4.72 Å². The Morgan fingerprint density at radius 3 is 2.85 bits per heavy atom. The fourth-order valence-electron chi connectivity index (χ4n) is 2.09. The van der Waals surface area contributed by atoms with Crippen LogP contribution >= 0.6 is 11.6 Å². The number of benzene rings is 1. The monoisotopic (exact) mass is 322 g/mol. The molecule has 0 aliphatic carbocycles. The van der Waals surface area contributed by atoms with E-state index in [9.17, 15) is 12.8 Å². The van der Waals surface area contributed by atoms with Gasteiger partial charge in [-0.05, 0) is 25.5 Å². The molecule has 5 nitrogen and oxygen atoms in total. The summed E-state index contributed by atoms with van der Waals surface area (Å²) in [7, 11) is -3.83. The van der Waals surface area contributed by atoms with Crippen LogP contribution in [0.25, 0.3) is 0 Å². The second-order valence-corrected chi connectivity index (χ2v) is 6.92. The summed E-state index contributed by atoms with van der Waals surface area (Å²) < 4.78 is 45.3. The summed E-state index contributed by atoms with van der Waals surface area (Å²) in [6.07, 6.45) is 0.801. The maximum absolute atomic E-state index is 13.2. The summed E-state index contributed by atoms with van der Waals surface area (Å²) in [5.74, 6) is -0.631. The fourth-order valence-corrected chi connectivity index (χ4v) is 3.73. The van der Waals surface area contributed by atoms with Crippen molar-refractivity contribution in [3.05, 3.63) is 23.0 Å². The highest BCUT2D eigenvalue weighted by Crippen LogP contribution is 2.27. The van der Waals surface area contributed by atoms with Crippen LogP contribution in [0.2, 0.25) is 5.02 Å². The Morgan fingerprint density at radius 1 is 1.55 bits per heavy atom. The molecule has 1 aliphatic rings. The molecule has 1 aliphatic heterocycles. The van der Waals surface area contributed by atoms with Crippen molar-refractivity contribution in [2.45, 2.75) is 24.3 Å². The quantitative estimate of drug-likeness (QED) is 0.828. The maximum Gasteiger partial charge on any atom is 0.242 e. The van der Waals surface area contributed by atoms with Crippen LogP contribution in [-0.2, 0) is 14.8 Å². The van der Waals surface area contributed by atoms with E-state index in [0.29, 0.717) is 6.61 Å². The molecular weight excluding hydrogens is 307 g/mol. The molecule has 8 heteroatoms. The lowest BCUT2D eigenvalue weighted by Crippen LogP contribution is -2.32. The van der Waals surface area contributed by atoms with E-state index in [0.717, 1.165) is 18.6 Å². The predicted octanol–water partition coefficient (Wildman–Crippen LogP) is 1.76. The van der Waals surface area contributed by atoms with Gasteiger partial charge in [0.25, 0.3) is 0 Å². The molecule has 1 aromatic carbocycles. The molecule has 0 aromatic heterocycles. The molecule has 2 unspecified atom stereocenters. The topological polar surface area (TPSA) is 81.4 Å². The maximum atomic E-state index is 13.2. The van der Waals surface area contributed by atoms with Gasteiger partial charge in [0.15, 0.2) is 0 Å². The van der Waals surface area contributed by atoms with Gasteiger partial charge in [0, 0.05) is 19.1 Å². The number of hydrogen-bond donors (Lipinski definition) is 2. The van der Waals surface area contributed by atoms with Gasteiger partial charge in [-0.15, -0.1) is 0 Å². The first-order valence-corrected chi connectivity index (χ1v) is 8.03. The van der Waals surface area contributed by atoms with Crippen LogP contribution in [0.1, 0.15) is 13.3 Å². The number of nitrogen functional groups attached to an aromatic ring is 1. The standard InChI is InChI=1S/C12H16ClFN2O3S/c1-7-8(2-3-19-7)6-16-20(17,18)12-5-11(15)10(14)4-9(12)13/h4-5,7-8,16H,2-3,6,15H2,1H3. The van der Waals surface area contributed by atoms with Crippen molar-refractivity contribution in [3.63, 3.8) is 0 Å². The van der Waals surface area contributed by atoms with Gasteiger partial charge in [0.2, 0.25) is 10.0 Å². The number of ether oxygens (including phenoxy) is 1. The summed E-state index contributed by atoms with van der Waals surface area (Å²) in [6.45, 7) is 2.77. The molecule has 3 N–H and O–H groups in total. The van der Waals surface area contributed by atoms with E-state index >= 15 is 0 Å². The average Bonchev–Trinajstić information content (AvgIpc) is 2.77. The third-order valence-corrected chi connectivity index (χ3v) is 5.30. The molecule has 2 rings (SSSR count). The minimum absolute atomic E-state index is 0.00598. The van der Waals surface area contributed by atoms with Crippen LogP contribution in [0.3, 0.4) is 0 Å². The van der Waals surface area contributed by atoms with Gasteiger partial charge in [0.05, 0.1) is 16.8 Å². The minimum atomic E-state index is -3.83. The number of nitrogens with one attached hydrogen (secondary N) is 1. The van der Waals surface area contributed by atoms with E-state index in [-0.39, 0.29) is 34.2 Å². The fraction of sp³-hybridized carbons (Fsp3) is 0.500. The van der Waals surface area contributed by atoms with Gasteiger partial charge in [-0.2, -0.15) is 0 Å². The Morgan fingerprint density at radius 2 is 2.25 bits per heavy atom. The molecular formula is C12H16ClFN2O3S.